The van der Waals surface area contributed by atoms with Gasteiger partial charge in [0.1, 0.15) is 0 Å². The van der Waals surface area contributed by atoms with Crippen LogP contribution in [0.15, 0.2) is 0 Å². The fourth-order valence-corrected chi connectivity index (χ4v) is 1.19. The second-order valence-corrected chi connectivity index (χ2v) is 3.53. The summed E-state index contributed by atoms with van der Waals surface area (Å²) in [4.78, 5) is 11.5. The topological polar surface area (TPSA) is 64.4 Å². The molecule has 0 aromatic rings. The first-order valence-electron chi connectivity index (χ1n) is 5.15. The van der Waals surface area contributed by atoms with Crippen LogP contribution in [0.25, 0.3) is 0 Å². The normalized spacial score (nSPS) is 14.9. The van der Waals surface area contributed by atoms with Crippen molar-refractivity contribution in [2.75, 3.05) is 20.3 Å². The molecule has 3 N–H and O–H groups in total. The standard InChI is InChI=1S/C10H22N2O2/c1-4-9(7-11)10(13)12-8(2)5-6-14-3/h8-9H,4-7,11H2,1-3H3,(H,12,13). The zero-order valence-corrected chi connectivity index (χ0v) is 9.38. The van der Waals surface area contributed by atoms with Crippen LogP contribution in [0.5, 0.6) is 0 Å². The fraction of sp³-hybridized carbons (Fsp3) is 0.900. The van der Waals surface area contributed by atoms with Gasteiger partial charge in [-0.05, 0) is 19.8 Å². The number of nitrogens with two attached hydrogens (primary N) is 1. The van der Waals surface area contributed by atoms with E-state index in [0.29, 0.717) is 13.2 Å². The van der Waals surface area contributed by atoms with Gasteiger partial charge in [-0.1, -0.05) is 6.92 Å². The lowest BCUT2D eigenvalue weighted by molar-refractivity contribution is -0.125. The van der Waals surface area contributed by atoms with E-state index in [2.05, 4.69) is 5.32 Å². The smallest absolute Gasteiger partial charge is 0.224 e. The maximum Gasteiger partial charge on any atom is 0.224 e. The van der Waals surface area contributed by atoms with Crippen LogP contribution < -0.4 is 11.1 Å². The minimum Gasteiger partial charge on any atom is -0.385 e. The number of carbonyl (C=O) groups excluding carboxylic acids is 1. The van der Waals surface area contributed by atoms with Crippen molar-refractivity contribution in [2.45, 2.75) is 32.7 Å². The van der Waals surface area contributed by atoms with E-state index >= 15 is 0 Å². The Bertz CT molecular complexity index is 158. The number of carbonyl (C=O) groups is 1. The summed E-state index contributed by atoms with van der Waals surface area (Å²) < 4.78 is 4.93. The average Bonchev–Trinajstić information content (AvgIpc) is 2.16. The number of rotatable bonds is 7. The predicted molar refractivity (Wildman–Crippen MR) is 56.9 cm³/mol. The maximum absolute atomic E-state index is 11.5. The minimum absolute atomic E-state index is 0.0543. The summed E-state index contributed by atoms with van der Waals surface area (Å²) >= 11 is 0. The quantitative estimate of drug-likeness (QED) is 0.632. The molecular formula is C10H22N2O2. The zero-order valence-electron chi connectivity index (χ0n) is 9.38. The van der Waals surface area contributed by atoms with Crippen LogP contribution in [0.3, 0.4) is 0 Å². The highest BCUT2D eigenvalue weighted by atomic mass is 16.5. The third-order valence-electron chi connectivity index (χ3n) is 2.29. The molecule has 0 fully saturated rings. The number of amides is 1. The largest absolute Gasteiger partial charge is 0.385 e. The molecule has 0 aliphatic rings. The van der Waals surface area contributed by atoms with Crippen molar-refractivity contribution >= 4 is 5.91 Å². The summed E-state index contributed by atoms with van der Waals surface area (Å²) in [5.74, 6) is -0.00130. The second kappa shape index (κ2) is 7.76. The van der Waals surface area contributed by atoms with E-state index in [-0.39, 0.29) is 17.9 Å². The first-order valence-corrected chi connectivity index (χ1v) is 5.15. The van der Waals surface area contributed by atoms with E-state index in [1.807, 2.05) is 13.8 Å². The summed E-state index contributed by atoms with van der Waals surface area (Å²) in [5, 5.41) is 2.92. The molecule has 0 spiro atoms. The van der Waals surface area contributed by atoms with Crippen LogP contribution in [0.1, 0.15) is 26.7 Å². The van der Waals surface area contributed by atoms with Crippen LogP contribution in [0.4, 0.5) is 0 Å². The average molecular weight is 202 g/mol. The van der Waals surface area contributed by atoms with Gasteiger partial charge in [0, 0.05) is 32.2 Å². The van der Waals surface area contributed by atoms with Gasteiger partial charge >= 0.3 is 0 Å². The van der Waals surface area contributed by atoms with Crippen molar-refractivity contribution in [3.63, 3.8) is 0 Å². The number of hydrogen-bond acceptors (Lipinski definition) is 3. The minimum atomic E-state index is -0.0556. The van der Waals surface area contributed by atoms with Gasteiger partial charge in [0.05, 0.1) is 0 Å². The van der Waals surface area contributed by atoms with Crippen LogP contribution in [0.2, 0.25) is 0 Å². The molecule has 2 unspecified atom stereocenters. The van der Waals surface area contributed by atoms with Crippen LogP contribution in [0, 0.1) is 5.92 Å². The van der Waals surface area contributed by atoms with Crippen molar-refractivity contribution in [3.8, 4) is 0 Å². The molecule has 1 amide bonds. The molecular weight excluding hydrogens is 180 g/mol. The molecule has 14 heavy (non-hydrogen) atoms. The Hall–Kier alpha value is -0.610. The molecule has 0 bridgehead atoms. The second-order valence-electron chi connectivity index (χ2n) is 3.53. The monoisotopic (exact) mass is 202 g/mol. The molecule has 0 aliphatic heterocycles. The van der Waals surface area contributed by atoms with Gasteiger partial charge in [0.2, 0.25) is 5.91 Å². The molecule has 0 aliphatic carbocycles. The van der Waals surface area contributed by atoms with Crippen LogP contribution in [-0.2, 0) is 9.53 Å². The summed E-state index contributed by atoms with van der Waals surface area (Å²) in [6, 6.07) is 0.156. The summed E-state index contributed by atoms with van der Waals surface area (Å²) in [5.41, 5.74) is 5.47. The lowest BCUT2D eigenvalue weighted by atomic mass is 10.1. The number of hydrogen-bond donors (Lipinski definition) is 2. The van der Waals surface area contributed by atoms with Crippen LogP contribution in [-0.4, -0.2) is 32.2 Å². The Labute approximate surface area is 86.2 Å². The van der Waals surface area contributed by atoms with Gasteiger partial charge in [-0.15, -0.1) is 0 Å². The predicted octanol–water partition coefficient (Wildman–Crippen LogP) is 0.513. The van der Waals surface area contributed by atoms with E-state index in [4.69, 9.17) is 10.5 Å². The van der Waals surface area contributed by atoms with Gasteiger partial charge < -0.3 is 15.8 Å². The summed E-state index contributed by atoms with van der Waals surface area (Å²) in [6.45, 7) is 5.03. The van der Waals surface area contributed by atoms with Crippen molar-refractivity contribution in [1.29, 1.82) is 0 Å². The summed E-state index contributed by atoms with van der Waals surface area (Å²) in [6.07, 6.45) is 1.63. The number of nitrogens with one attached hydrogen (secondary N) is 1. The van der Waals surface area contributed by atoms with Gasteiger partial charge in [-0.2, -0.15) is 0 Å². The van der Waals surface area contributed by atoms with Crippen molar-refractivity contribution in [2.24, 2.45) is 11.7 Å². The molecule has 4 nitrogen and oxygen atoms in total. The van der Waals surface area contributed by atoms with E-state index in [0.717, 1.165) is 12.8 Å². The highest BCUT2D eigenvalue weighted by molar-refractivity contribution is 5.79. The molecule has 4 heteroatoms. The van der Waals surface area contributed by atoms with Crippen LogP contribution >= 0.6 is 0 Å². The first kappa shape index (κ1) is 13.4. The SMILES string of the molecule is CCC(CN)C(=O)NC(C)CCOC. The molecule has 0 radical (unpaired) electrons. The zero-order chi connectivity index (χ0) is 11.0. The van der Waals surface area contributed by atoms with Gasteiger partial charge in [-0.3, -0.25) is 4.79 Å². The summed E-state index contributed by atoms with van der Waals surface area (Å²) in [7, 11) is 1.66. The Kier molecular flexibility index (Phi) is 7.42. The Morgan fingerprint density at radius 3 is 2.64 bits per heavy atom. The maximum atomic E-state index is 11.5. The Balaban J connectivity index is 3.79. The van der Waals surface area contributed by atoms with Crippen molar-refractivity contribution in [3.05, 3.63) is 0 Å². The molecule has 0 saturated carbocycles. The lowest BCUT2D eigenvalue weighted by Crippen LogP contribution is -2.40. The third kappa shape index (κ3) is 5.19. The fourth-order valence-electron chi connectivity index (χ4n) is 1.19. The number of methoxy groups -OCH3 is 1. The van der Waals surface area contributed by atoms with Gasteiger partial charge in [0.25, 0.3) is 0 Å². The molecule has 0 heterocycles. The number of ether oxygens (including phenoxy) is 1. The van der Waals surface area contributed by atoms with E-state index in [1.54, 1.807) is 7.11 Å². The lowest BCUT2D eigenvalue weighted by Gasteiger charge is -2.17. The Morgan fingerprint density at radius 2 is 2.21 bits per heavy atom. The third-order valence-corrected chi connectivity index (χ3v) is 2.29. The molecule has 0 rings (SSSR count). The molecule has 2 atom stereocenters. The van der Waals surface area contributed by atoms with Gasteiger partial charge in [0.15, 0.2) is 0 Å². The Morgan fingerprint density at radius 1 is 1.57 bits per heavy atom. The molecule has 0 aromatic heterocycles. The molecule has 0 aromatic carbocycles. The van der Waals surface area contributed by atoms with Gasteiger partial charge in [-0.25, -0.2) is 0 Å². The molecule has 84 valence electrons. The van der Waals surface area contributed by atoms with Crippen molar-refractivity contribution < 1.29 is 9.53 Å². The van der Waals surface area contributed by atoms with Crippen molar-refractivity contribution in [1.82, 2.24) is 5.32 Å². The highest BCUT2D eigenvalue weighted by Crippen LogP contribution is 2.01. The van der Waals surface area contributed by atoms with E-state index in [9.17, 15) is 4.79 Å². The first-order chi connectivity index (χ1) is 6.65. The van der Waals surface area contributed by atoms with E-state index < -0.39 is 0 Å². The highest BCUT2D eigenvalue weighted by Gasteiger charge is 2.15. The van der Waals surface area contributed by atoms with E-state index in [1.165, 1.54) is 0 Å². The molecule has 0 saturated heterocycles.